The first kappa shape index (κ1) is 56.4. The molecule has 0 unspecified atom stereocenters. The Morgan fingerprint density at radius 1 is 0.883 bits per heavy atom. The predicted octanol–water partition coefficient (Wildman–Crippen LogP) is 10.4. The van der Waals surface area contributed by atoms with Crippen molar-refractivity contribution in [2.45, 2.75) is 71.1 Å². The first-order valence-corrected chi connectivity index (χ1v) is 28.1. The van der Waals surface area contributed by atoms with Crippen molar-refractivity contribution in [2.75, 3.05) is 82.5 Å². The number of carbonyl (C=O) groups is 2. The highest BCUT2D eigenvalue weighted by molar-refractivity contribution is 7.90. The molecule has 17 nitrogen and oxygen atoms in total. The molecule has 4 N–H and O–H groups in total. The summed E-state index contributed by atoms with van der Waals surface area (Å²) in [5.74, 6) is -0.384. The lowest BCUT2D eigenvalue weighted by atomic mass is 9.72. The van der Waals surface area contributed by atoms with Crippen molar-refractivity contribution in [1.29, 1.82) is 0 Å². The molecule has 77 heavy (non-hydrogen) atoms. The lowest BCUT2D eigenvalue weighted by molar-refractivity contribution is -0.384. The maximum absolute atomic E-state index is 14.0. The summed E-state index contributed by atoms with van der Waals surface area (Å²) in [4.78, 5) is 49.9. The molecule has 1 fully saturated rings. The van der Waals surface area contributed by atoms with Gasteiger partial charge in [0.2, 0.25) is 5.91 Å². The number of amides is 2. The number of piperazine rings is 1. The number of aromatic amines is 1. The van der Waals surface area contributed by atoms with Gasteiger partial charge < -0.3 is 34.7 Å². The molecule has 1 atom stereocenters. The number of hydrogen-bond acceptors (Lipinski definition) is 13. The van der Waals surface area contributed by atoms with Crippen LogP contribution >= 0.6 is 11.6 Å². The standard InChI is InChI=1S/C58H69ClN8O9S/c1-39(2)32-41-6-8-42(9-7-41)40(3)56(68)62-23-29-75-31-30-74-28-22-60-52-17-15-49(35-53(52)67(70)71)77(72,73)64-57(69)50-16-14-47(34-54(50)76-48-33-44-19-21-61-55(44)63-37-48)66-26-24-65(25-27-66)38-45-18-20-58(4,5)36-51(45)43-10-12-46(59)13-11-43/h6-17,19,21,33-35,37,39-40,60H,18,20,22-32,36,38H2,1-5H3,(H,61,63)(H,62,68)(H,64,69)/t40-/m1/s1. The Balaban J connectivity index is 0.848. The quantitative estimate of drug-likeness (QED) is 0.0253. The van der Waals surface area contributed by atoms with Crippen LogP contribution in [0.4, 0.5) is 17.1 Å². The fraction of sp³-hybridized carbons (Fsp3) is 0.397. The van der Waals surface area contributed by atoms with E-state index in [1.807, 2.05) is 37.3 Å². The van der Waals surface area contributed by atoms with Crippen LogP contribution in [-0.4, -0.2) is 112 Å². The lowest BCUT2D eigenvalue weighted by Crippen LogP contribution is -2.47. The monoisotopic (exact) mass is 1090 g/mol. The minimum atomic E-state index is -4.63. The van der Waals surface area contributed by atoms with Crippen molar-refractivity contribution < 1.29 is 37.1 Å². The molecule has 2 aromatic heterocycles. The fourth-order valence-electron chi connectivity index (χ4n) is 9.74. The summed E-state index contributed by atoms with van der Waals surface area (Å²) >= 11 is 6.26. The number of nitrogens with zero attached hydrogens (tertiary/aromatic N) is 4. The van der Waals surface area contributed by atoms with E-state index in [0.717, 1.165) is 73.0 Å². The third-order valence-electron chi connectivity index (χ3n) is 14.0. The van der Waals surface area contributed by atoms with Gasteiger partial charge in [0, 0.05) is 80.2 Å². The number of ether oxygens (including phenoxy) is 3. The molecular formula is C58H69ClN8O9S. The molecular weight excluding hydrogens is 1020 g/mol. The van der Waals surface area contributed by atoms with Gasteiger partial charge in [-0.15, -0.1) is 0 Å². The molecule has 2 aliphatic rings. The Kier molecular flexibility index (Phi) is 18.7. The van der Waals surface area contributed by atoms with Gasteiger partial charge in [0.25, 0.3) is 21.6 Å². The number of anilines is 2. The van der Waals surface area contributed by atoms with E-state index in [1.165, 1.54) is 46.7 Å². The van der Waals surface area contributed by atoms with Gasteiger partial charge in [-0.1, -0.05) is 81.3 Å². The van der Waals surface area contributed by atoms with E-state index in [-0.39, 0.29) is 60.6 Å². The second-order valence-corrected chi connectivity index (χ2v) is 23.1. The summed E-state index contributed by atoms with van der Waals surface area (Å²) in [6, 6.07) is 28.3. The normalized spacial score (nSPS) is 15.4. The topological polar surface area (TPSA) is 210 Å². The van der Waals surface area contributed by atoms with Crippen LogP contribution in [-0.2, 0) is 30.7 Å². The number of pyridine rings is 1. The van der Waals surface area contributed by atoms with Gasteiger partial charge in [0.15, 0.2) is 0 Å². The molecule has 3 heterocycles. The molecule has 1 aliphatic heterocycles. The van der Waals surface area contributed by atoms with Crippen LogP contribution in [0.15, 0.2) is 120 Å². The number of nitro groups is 1. The number of H-pyrrole nitrogens is 1. The first-order chi connectivity index (χ1) is 36.9. The summed E-state index contributed by atoms with van der Waals surface area (Å²) in [5.41, 5.74) is 7.40. The lowest BCUT2D eigenvalue weighted by Gasteiger charge is -2.39. The highest BCUT2D eigenvalue weighted by Gasteiger charge is 2.31. The Bertz CT molecular complexity index is 3170. The van der Waals surface area contributed by atoms with Crippen molar-refractivity contribution in [3.8, 4) is 11.5 Å². The Hall–Kier alpha value is -6.83. The zero-order chi connectivity index (χ0) is 54.7. The molecule has 1 aliphatic carbocycles. The molecule has 0 spiro atoms. The number of allylic oxidation sites excluding steroid dienone is 1. The van der Waals surface area contributed by atoms with Gasteiger partial charge in [-0.2, -0.15) is 0 Å². The van der Waals surface area contributed by atoms with E-state index in [9.17, 15) is 28.1 Å². The molecule has 6 aromatic rings. The molecule has 4 aromatic carbocycles. The number of carbonyl (C=O) groups excluding carboxylic acids is 2. The molecule has 8 rings (SSSR count). The third-order valence-corrected chi connectivity index (χ3v) is 15.6. The van der Waals surface area contributed by atoms with Crippen LogP contribution in [0.2, 0.25) is 5.02 Å². The zero-order valence-corrected chi connectivity index (χ0v) is 46.0. The van der Waals surface area contributed by atoms with E-state index in [0.29, 0.717) is 43.6 Å². The Morgan fingerprint density at radius 2 is 1.61 bits per heavy atom. The van der Waals surface area contributed by atoms with Crippen LogP contribution in [0.3, 0.4) is 0 Å². The minimum Gasteiger partial charge on any atom is -0.455 e. The van der Waals surface area contributed by atoms with Gasteiger partial charge in [-0.05, 0) is 115 Å². The molecule has 1 saturated heterocycles. The predicted molar refractivity (Wildman–Crippen MR) is 302 cm³/mol. The number of sulfonamides is 1. The number of benzene rings is 4. The van der Waals surface area contributed by atoms with Crippen molar-refractivity contribution in [3.63, 3.8) is 0 Å². The van der Waals surface area contributed by atoms with Crippen molar-refractivity contribution in [2.24, 2.45) is 11.3 Å². The second-order valence-electron chi connectivity index (χ2n) is 20.9. The van der Waals surface area contributed by atoms with Gasteiger partial charge in [-0.3, -0.25) is 24.6 Å². The molecule has 19 heteroatoms. The van der Waals surface area contributed by atoms with Crippen molar-refractivity contribution >= 4 is 67.1 Å². The van der Waals surface area contributed by atoms with Crippen molar-refractivity contribution in [3.05, 3.63) is 152 Å². The van der Waals surface area contributed by atoms with Gasteiger partial charge in [0.1, 0.15) is 22.8 Å². The summed E-state index contributed by atoms with van der Waals surface area (Å²) in [6.07, 6.45) is 7.41. The molecule has 0 saturated carbocycles. The molecule has 408 valence electrons. The summed E-state index contributed by atoms with van der Waals surface area (Å²) in [5, 5.41) is 19.5. The minimum absolute atomic E-state index is 0.0644. The first-order valence-electron chi connectivity index (χ1n) is 26.2. The summed E-state index contributed by atoms with van der Waals surface area (Å²) in [7, 11) is -4.63. The number of halogens is 1. The van der Waals surface area contributed by atoms with E-state index in [4.69, 9.17) is 25.8 Å². The summed E-state index contributed by atoms with van der Waals surface area (Å²) < 4.78 is 47.3. The van der Waals surface area contributed by atoms with Crippen LogP contribution in [0.1, 0.15) is 86.8 Å². The Morgan fingerprint density at radius 3 is 2.32 bits per heavy atom. The molecule has 0 bridgehead atoms. The number of aromatic nitrogens is 2. The maximum atomic E-state index is 14.0. The van der Waals surface area contributed by atoms with E-state index >= 15 is 0 Å². The maximum Gasteiger partial charge on any atom is 0.293 e. The second kappa shape index (κ2) is 25.5. The Labute approximate surface area is 455 Å². The molecule has 2 amide bonds. The van der Waals surface area contributed by atoms with Crippen LogP contribution < -0.4 is 25.0 Å². The van der Waals surface area contributed by atoms with Gasteiger partial charge in [0.05, 0.1) is 53.9 Å². The zero-order valence-electron chi connectivity index (χ0n) is 44.4. The average Bonchev–Trinajstić information content (AvgIpc) is 3.88. The van der Waals surface area contributed by atoms with Gasteiger partial charge in [-0.25, -0.2) is 18.1 Å². The number of nitrogens with one attached hydrogen (secondary N) is 4. The smallest absolute Gasteiger partial charge is 0.293 e. The van der Waals surface area contributed by atoms with E-state index in [2.05, 4.69) is 87.1 Å². The van der Waals surface area contributed by atoms with Crippen LogP contribution in [0.25, 0.3) is 16.6 Å². The highest BCUT2D eigenvalue weighted by atomic mass is 35.5. The van der Waals surface area contributed by atoms with Crippen LogP contribution in [0.5, 0.6) is 11.5 Å². The van der Waals surface area contributed by atoms with Crippen LogP contribution in [0, 0.1) is 21.4 Å². The van der Waals surface area contributed by atoms with E-state index < -0.39 is 31.4 Å². The molecule has 0 radical (unpaired) electrons. The number of rotatable bonds is 24. The fourth-order valence-corrected chi connectivity index (χ4v) is 10.9. The third kappa shape index (κ3) is 15.2. The highest BCUT2D eigenvalue weighted by Crippen LogP contribution is 2.43. The number of hydrogen-bond donors (Lipinski definition) is 4. The summed E-state index contributed by atoms with van der Waals surface area (Å²) in [6.45, 7) is 16.2. The van der Waals surface area contributed by atoms with E-state index in [1.54, 1.807) is 24.4 Å². The number of fused-ring (bicyclic) bond motifs is 1. The van der Waals surface area contributed by atoms with Crippen molar-refractivity contribution in [1.82, 2.24) is 24.9 Å². The van der Waals surface area contributed by atoms with Gasteiger partial charge >= 0.3 is 0 Å². The number of nitro benzene ring substituents is 1. The average molecular weight is 1090 g/mol. The largest absolute Gasteiger partial charge is 0.455 e. The SMILES string of the molecule is CC(C)Cc1ccc([C@@H](C)C(=O)NCCOCCOCCNc2ccc(S(=O)(=O)NC(=O)c3ccc(N4CCN(CC5=C(c6ccc(Cl)cc6)CC(C)(C)CC5)CC4)cc3Oc3cnc4[nH]ccc4c3)cc2[N+](=O)[O-])cc1.